The number of hydrogen-bond acceptors (Lipinski definition) is 3. The van der Waals surface area contributed by atoms with E-state index in [1.54, 1.807) is 26.1 Å². The fraction of sp³-hybridized carbons (Fsp3) is 0.429. The van der Waals surface area contributed by atoms with E-state index in [9.17, 15) is 9.59 Å². The fourth-order valence-corrected chi connectivity index (χ4v) is 2.00. The van der Waals surface area contributed by atoms with Gasteiger partial charge in [-0.1, -0.05) is 12.7 Å². The first-order valence-electron chi connectivity index (χ1n) is 6.09. The molecule has 1 heterocycles. The lowest BCUT2D eigenvalue weighted by molar-refractivity contribution is -0.134. The number of likely N-dealkylation sites (N-methyl/N-ethyl adjacent to an activating group) is 1. The summed E-state index contributed by atoms with van der Waals surface area (Å²) in [6.07, 6.45) is 3.50. The van der Waals surface area contributed by atoms with Crippen molar-refractivity contribution >= 4 is 11.8 Å². The maximum atomic E-state index is 12.4. The van der Waals surface area contributed by atoms with Crippen molar-refractivity contribution in [1.82, 2.24) is 10.2 Å². The van der Waals surface area contributed by atoms with Gasteiger partial charge in [-0.2, -0.15) is 0 Å². The summed E-state index contributed by atoms with van der Waals surface area (Å²) >= 11 is 0. The van der Waals surface area contributed by atoms with Gasteiger partial charge >= 0.3 is 0 Å². The quantitative estimate of drug-likeness (QED) is 0.608. The molecule has 0 aliphatic carbocycles. The lowest BCUT2D eigenvalue weighted by Gasteiger charge is -2.21. The highest BCUT2D eigenvalue weighted by Gasteiger charge is 2.37. The number of nitrogens with one attached hydrogen (secondary N) is 1. The van der Waals surface area contributed by atoms with E-state index in [2.05, 4.69) is 11.9 Å². The summed E-state index contributed by atoms with van der Waals surface area (Å²) in [7, 11) is 3.05. The minimum absolute atomic E-state index is 0.201. The maximum absolute atomic E-state index is 12.4. The molecule has 0 saturated carbocycles. The number of nitrogens with zero attached hydrogens (tertiary/aromatic N) is 1. The van der Waals surface area contributed by atoms with Crippen molar-refractivity contribution in [2.24, 2.45) is 0 Å². The molecule has 1 saturated heterocycles. The van der Waals surface area contributed by atoms with Crippen LogP contribution in [-0.2, 0) is 14.3 Å². The number of rotatable bonds is 4. The SMILES string of the molecule is C=C1CN(C(C)C(=O)NC)C(=O)/C1=C(/C=C\C)OC. The van der Waals surface area contributed by atoms with Gasteiger partial charge in [0.05, 0.1) is 12.7 Å². The summed E-state index contributed by atoms with van der Waals surface area (Å²) in [5, 5.41) is 2.54. The van der Waals surface area contributed by atoms with Crippen molar-refractivity contribution in [3.05, 3.63) is 35.6 Å². The van der Waals surface area contributed by atoms with Crippen molar-refractivity contribution in [3.63, 3.8) is 0 Å². The van der Waals surface area contributed by atoms with Crippen LogP contribution in [0, 0.1) is 0 Å². The number of carbonyl (C=O) groups excluding carboxylic acids is 2. The highest BCUT2D eigenvalue weighted by molar-refractivity contribution is 6.04. The van der Waals surface area contributed by atoms with E-state index in [1.807, 2.05) is 6.92 Å². The number of methoxy groups -OCH3 is 1. The van der Waals surface area contributed by atoms with Gasteiger partial charge in [0, 0.05) is 13.6 Å². The van der Waals surface area contributed by atoms with Crippen LogP contribution in [0.4, 0.5) is 0 Å². The zero-order valence-corrected chi connectivity index (χ0v) is 11.8. The molecular formula is C14H20N2O3. The Hall–Kier alpha value is -2.04. The van der Waals surface area contributed by atoms with Crippen LogP contribution in [0.5, 0.6) is 0 Å². The van der Waals surface area contributed by atoms with Gasteiger partial charge in [-0.25, -0.2) is 0 Å². The van der Waals surface area contributed by atoms with Crippen molar-refractivity contribution in [2.75, 3.05) is 20.7 Å². The molecule has 2 amide bonds. The largest absolute Gasteiger partial charge is 0.496 e. The van der Waals surface area contributed by atoms with Gasteiger partial charge in [0.15, 0.2) is 0 Å². The van der Waals surface area contributed by atoms with Gasteiger partial charge in [-0.3, -0.25) is 9.59 Å². The zero-order chi connectivity index (χ0) is 14.6. The van der Waals surface area contributed by atoms with Gasteiger partial charge in [-0.15, -0.1) is 0 Å². The fourth-order valence-electron chi connectivity index (χ4n) is 2.00. The van der Waals surface area contributed by atoms with Crippen LogP contribution in [0.1, 0.15) is 13.8 Å². The molecule has 0 aromatic heterocycles. The average Bonchev–Trinajstić information content (AvgIpc) is 2.70. The summed E-state index contributed by atoms with van der Waals surface area (Å²) in [4.78, 5) is 25.5. The molecule has 0 radical (unpaired) electrons. The van der Waals surface area contributed by atoms with Crippen LogP contribution in [0.2, 0.25) is 0 Å². The second kappa shape index (κ2) is 6.22. The Balaban J connectivity index is 3.12. The van der Waals surface area contributed by atoms with E-state index in [-0.39, 0.29) is 11.8 Å². The van der Waals surface area contributed by atoms with Crippen LogP contribution in [-0.4, -0.2) is 43.5 Å². The van der Waals surface area contributed by atoms with Crippen molar-refractivity contribution in [3.8, 4) is 0 Å². The molecule has 1 rings (SSSR count). The molecule has 1 N–H and O–H groups in total. The molecule has 0 aromatic carbocycles. The van der Waals surface area contributed by atoms with Crippen LogP contribution >= 0.6 is 0 Å². The molecule has 1 fully saturated rings. The number of allylic oxidation sites excluding steroid dienone is 2. The van der Waals surface area contributed by atoms with E-state index >= 15 is 0 Å². The lowest BCUT2D eigenvalue weighted by atomic mass is 10.1. The molecule has 19 heavy (non-hydrogen) atoms. The van der Waals surface area contributed by atoms with Crippen molar-refractivity contribution in [2.45, 2.75) is 19.9 Å². The minimum Gasteiger partial charge on any atom is -0.496 e. The summed E-state index contributed by atoms with van der Waals surface area (Å²) in [5.41, 5.74) is 1.10. The highest BCUT2D eigenvalue weighted by Crippen LogP contribution is 2.27. The molecule has 1 aliphatic rings. The number of ether oxygens (including phenoxy) is 1. The molecule has 0 spiro atoms. The third-order valence-corrected chi connectivity index (χ3v) is 3.07. The minimum atomic E-state index is -0.532. The van der Waals surface area contributed by atoms with E-state index < -0.39 is 6.04 Å². The summed E-state index contributed by atoms with van der Waals surface area (Å²) < 4.78 is 5.21. The smallest absolute Gasteiger partial charge is 0.258 e. The molecule has 1 aliphatic heterocycles. The Kier molecular flexibility index (Phi) is 4.92. The second-order valence-corrected chi connectivity index (χ2v) is 4.27. The third kappa shape index (κ3) is 2.86. The van der Waals surface area contributed by atoms with Crippen molar-refractivity contribution < 1.29 is 14.3 Å². The molecule has 1 atom stereocenters. The van der Waals surface area contributed by atoms with Gasteiger partial charge in [0.1, 0.15) is 11.8 Å². The van der Waals surface area contributed by atoms with Crippen LogP contribution < -0.4 is 5.32 Å². The average molecular weight is 264 g/mol. The summed E-state index contributed by atoms with van der Waals surface area (Å²) in [5.74, 6) is 0.0487. The molecule has 0 aromatic rings. The number of carbonyl (C=O) groups is 2. The molecular weight excluding hydrogens is 244 g/mol. The third-order valence-electron chi connectivity index (χ3n) is 3.07. The van der Waals surface area contributed by atoms with Gasteiger partial charge in [-0.05, 0) is 25.5 Å². The lowest BCUT2D eigenvalue weighted by Crippen LogP contribution is -2.44. The normalized spacial score (nSPS) is 19.9. The molecule has 5 heteroatoms. The van der Waals surface area contributed by atoms with Gasteiger partial charge < -0.3 is 15.0 Å². The monoisotopic (exact) mass is 264 g/mol. The first kappa shape index (κ1) is 15.0. The van der Waals surface area contributed by atoms with E-state index in [0.717, 1.165) is 0 Å². The Bertz CT molecular complexity index is 463. The summed E-state index contributed by atoms with van der Waals surface area (Å²) in [6, 6.07) is -0.532. The molecule has 5 nitrogen and oxygen atoms in total. The second-order valence-electron chi connectivity index (χ2n) is 4.27. The van der Waals surface area contributed by atoms with Gasteiger partial charge in [0.25, 0.3) is 5.91 Å². The highest BCUT2D eigenvalue weighted by atomic mass is 16.5. The summed E-state index contributed by atoms with van der Waals surface area (Å²) in [6.45, 7) is 7.76. The van der Waals surface area contributed by atoms with E-state index in [4.69, 9.17) is 4.74 Å². The molecule has 0 bridgehead atoms. The zero-order valence-electron chi connectivity index (χ0n) is 11.8. The first-order chi connectivity index (χ1) is 8.97. The predicted octanol–water partition coefficient (Wildman–Crippen LogP) is 0.996. The Morgan fingerprint density at radius 3 is 2.68 bits per heavy atom. The number of hydrogen-bond donors (Lipinski definition) is 1. The Morgan fingerprint density at radius 1 is 1.58 bits per heavy atom. The van der Waals surface area contributed by atoms with Crippen molar-refractivity contribution in [1.29, 1.82) is 0 Å². The van der Waals surface area contributed by atoms with E-state index in [0.29, 0.717) is 23.5 Å². The predicted molar refractivity (Wildman–Crippen MR) is 73.2 cm³/mol. The number of amides is 2. The Labute approximate surface area is 113 Å². The maximum Gasteiger partial charge on any atom is 0.258 e. The number of likely N-dealkylation sites (tertiary alicyclic amines) is 1. The molecule has 1 unspecified atom stereocenters. The standard InChI is InChI=1S/C14H20N2O3/c1-6-7-11(19-5)12-9(2)8-16(14(12)18)10(3)13(17)15-4/h6-7,10H,2,8H2,1,3-5H3,(H,15,17)/b7-6-,12-11-. The first-order valence-corrected chi connectivity index (χ1v) is 6.09. The van der Waals surface area contributed by atoms with Gasteiger partial charge in [0.2, 0.25) is 5.91 Å². The topological polar surface area (TPSA) is 58.6 Å². The van der Waals surface area contributed by atoms with Crippen LogP contribution in [0.15, 0.2) is 35.6 Å². The Morgan fingerprint density at radius 2 is 2.21 bits per heavy atom. The van der Waals surface area contributed by atoms with Crippen LogP contribution in [0.25, 0.3) is 0 Å². The van der Waals surface area contributed by atoms with Crippen LogP contribution in [0.3, 0.4) is 0 Å². The molecule has 104 valence electrons. The van der Waals surface area contributed by atoms with E-state index in [1.165, 1.54) is 12.0 Å².